The van der Waals surface area contributed by atoms with Crippen molar-refractivity contribution in [3.05, 3.63) is 33.8 Å². The molecule has 0 spiro atoms. The topological polar surface area (TPSA) is 0 Å². The van der Waals surface area contributed by atoms with E-state index in [1.54, 1.807) is 0 Å². The molecule has 1 heteroatoms. The van der Waals surface area contributed by atoms with Gasteiger partial charge in [-0.1, -0.05) is 41.9 Å². The Balaban J connectivity index is 3.09. The van der Waals surface area contributed by atoms with Gasteiger partial charge in [-0.15, -0.1) is 0 Å². The maximum absolute atomic E-state index is 3.55. The van der Waals surface area contributed by atoms with Gasteiger partial charge in [0.25, 0.3) is 0 Å². The van der Waals surface area contributed by atoms with E-state index in [1.165, 1.54) is 15.6 Å². The second-order valence-electron chi connectivity index (χ2n) is 3.18. The summed E-state index contributed by atoms with van der Waals surface area (Å²) in [6, 6.07) is 6.50. The van der Waals surface area contributed by atoms with E-state index in [0.29, 0.717) is 5.92 Å². The van der Waals surface area contributed by atoms with E-state index in [2.05, 4.69) is 54.9 Å². The SMILES string of the molecule is Cc1ccc(C(C)C)c(Br)c1. The largest absolute Gasteiger partial charge is 0.0590 e. The minimum Gasteiger partial charge on any atom is -0.0590 e. The van der Waals surface area contributed by atoms with Crippen LogP contribution in [0.15, 0.2) is 22.7 Å². The molecular weight excluding hydrogens is 200 g/mol. The molecule has 0 saturated heterocycles. The molecule has 0 bridgehead atoms. The Hall–Kier alpha value is -0.300. The summed E-state index contributed by atoms with van der Waals surface area (Å²) in [7, 11) is 0. The van der Waals surface area contributed by atoms with Crippen LogP contribution in [0, 0.1) is 6.92 Å². The lowest BCUT2D eigenvalue weighted by Gasteiger charge is -2.07. The van der Waals surface area contributed by atoms with Gasteiger partial charge >= 0.3 is 0 Å². The van der Waals surface area contributed by atoms with E-state index in [4.69, 9.17) is 0 Å². The molecule has 0 saturated carbocycles. The third-order valence-corrected chi connectivity index (χ3v) is 2.46. The van der Waals surface area contributed by atoms with Gasteiger partial charge in [0.2, 0.25) is 0 Å². The van der Waals surface area contributed by atoms with Crippen molar-refractivity contribution in [3.63, 3.8) is 0 Å². The van der Waals surface area contributed by atoms with E-state index >= 15 is 0 Å². The maximum atomic E-state index is 3.55. The van der Waals surface area contributed by atoms with E-state index in [9.17, 15) is 0 Å². The van der Waals surface area contributed by atoms with Gasteiger partial charge in [-0.3, -0.25) is 0 Å². The maximum Gasteiger partial charge on any atom is 0.0212 e. The van der Waals surface area contributed by atoms with Crippen molar-refractivity contribution in [3.8, 4) is 0 Å². The molecule has 0 nitrogen and oxygen atoms in total. The molecule has 1 rings (SSSR count). The molecule has 0 unspecified atom stereocenters. The lowest BCUT2D eigenvalue weighted by Crippen LogP contribution is -1.88. The minimum atomic E-state index is 0.602. The van der Waals surface area contributed by atoms with Crippen LogP contribution in [-0.2, 0) is 0 Å². The number of rotatable bonds is 1. The Morgan fingerprint density at radius 2 is 1.91 bits per heavy atom. The first-order valence-electron chi connectivity index (χ1n) is 3.87. The summed E-state index contributed by atoms with van der Waals surface area (Å²) in [4.78, 5) is 0. The van der Waals surface area contributed by atoms with Gasteiger partial charge in [0.05, 0.1) is 0 Å². The van der Waals surface area contributed by atoms with E-state index in [0.717, 1.165) is 0 Å². The normalized spacial score (nSPS) is 10.6. The summed E-state index contributed by atoms with van der Waals surface area (Å²) in [6.45, 7) is 6.51. The zero-order chi connectivity index (χ0) is 8.43. The first-order chi connectivity index (χ1) is 5.11. The third kappa shape index (κ3) is 2.06. The zero-order valence-corrected chi connectivity index (χ0v) is 8.77. The van der Waals surface area contributed by atoms with E-state index in [1.807, 2.05) is 0 Å². The van der Waals surface area contributed by atoms with E-state index < -0.39 is 0 Å². The number of hydrogen-bond donors (Lipinski definition) is 0. The standard InChI is InChI=1S/C10H13Br/c1-7(2)9-5-4-8(3)6-10(9)11/h4-7H,1-3H3. The highest BCUT2D eigenvalue weighted by molar-refractivity contribution is 9.10. The Labute approximate surface area is 76.8 Å². The summed E-state index contributed by atoms with van der Waals surface area (Å²) < 4.78 is 1.23. The molecule has 1 aromatic carbocycles. The van der Waals surface area contributed by atoms with Crippen LogP contribution in [0.4, 0.5) is 0 Å². The number of halogens is 1. The summed E-state index contributed by atoms with van der Waals surface area (Å²) in [5.74, 6) is 0.602. The first kappa shape index (κ1) is 8.79. The van der Waals surface area contributed by atoms with Crippen molar-refractivity contribution in [1.82, 2.24) is 0 Å². The highest BCUT2D eigenvalue weighted by Crippen LogP contribution is 2.25. The molecule has 0 aliphatic heterocycles. The zero-order valence-electron chi connectivity index (χ0n) is 7.19. The average Bonchev–Trinajstić information content (AvgIpc) is 1.85. The Kier molecular flexibility index (Phi) is 2.72. The molecule has 0 radical (unpaired) electrons. The highest BCUT2D eigenvalue weighted by Gasteiger charge is 2.02. The fraction of sp³-hybridized carbons (Fsp3) is 0.400. The van der Waals surface area contributed by atoms with Gasteiger partial charge in [0.1, 0.15) is 0 Å². The van der Waals surface area contributed by atoms with Crippen molar-refractivity contribution < 1.29 is 0 Å². The second kappa shape index (κ2) is 3.40. The molecule has 0 amide bonds. The summed E-state index contributed by atoms with van der Waals surface area (Å²) in [5, 5.41) is 0. The van der Waals surface area contributed by atoms with Crippen LogP contribution < -0.4 is 0 Å². The third-order valence-electron chi connectivity index (χ3n) is 1.78. The quantitative estimate of drug-likeness (QED) is 0.664. The van der Waals surface area contributed by atoms with Gasteiger partial charge in [0, 0.05) is 4.47 Å². The molecule has 0 aromatic heterocycles. The van der Waals surface area contributed by atoms with Crippen LogP contribution in [0.3, 0.4) is 0 Å². The predicted molar refractivity (Wildman–Crippen MR) is 53.0 cm³/mol. The highest BCUT2D eigenvalue weighted by atomic mass is 79.9. The molecule has 0 fully saturated rings. The lowest BCUT2D eigenvalue weighted by atomic mass is 10.0. The lowest BCUT2D eigenvalue weighted by molar-refractivity contribution is 0.860. The second-order valence-corrected chi connectivity index (χ2v) is 4.03. The minimum absolute atomic E-state index is 0.602. The molecule has 0 N–H and O–H groups in total. The molecular formula is C10H13Br. The van der Waals surface area contributed by atoms with Crippen molar-refractivity contribution >= 4 is 15.9 Å². The van der Waals surface area contributed by atoms with Crippen molar-refractivity contribution in [1.29, 1.82) is 0 Å². The molecule has 0 atom stereocenters. The van der Waals surface area contributed by atoms with Crippen molar-refractivity contribution in [2.75, 3.05) is 0 Å². The van der Waals surface area contributed by atoms with Crippen LogP contribution in [0.25, 0.3) is 0 Å². The molecule has 0 aliphatic rings. The van der Waals surface area contributed by atoms with Gasteiger partial charge in [-0.25, -0.2) is 0 Å². The Morgan fingerprint density at radius 3 is 2.36 bits per heavy atom. The molecule has 0 aliphatic carbocycles. The fourth-order valence-corrected chi connectivity index (χ4v) is 2.05. The molecule has 1 aromatic rings. The van der Waals surface area contributed by atoms with Gasteiger partial charge in [0.15, 0.2) is 0 Å². The molecule has 11 heavy (non-hydrogen) atoms. The van der Waals surface area contributed by atoms with Gasteiger partial charge < -0.3 is 0 Å². The molecule has 0 heterocycles. The van der Waals surface area contributed by atoms with Crippen LogP contribution >= 0.6 is 15.9 Å². The summed E-state index contributed by atoms with van der Waals surface area (Å²) in [6.07, 6.45) is 0. The Bertz CT molecular complexity index is 251. The van der Waals surface area contributed by atoms with Crippen LogP contribution in [-0.4, -0.2) is 0 Å². The number of aryl methyl sites for hydroxylation is 1. The average molecular weight is 213 g/mol. The van der Waals surface area contributed by atoms with E-state index in [-0.39, 0.29) is 0 Å². The van der Waals surface area contributed by atoms with Crippen LogP contribution in [0.5, 0.6) is 0 Å². The Morgan fingerprint density at radius 1 is 1.27 bits per heavy atom. The van der Waals surface area contributed by atoms with Crippen molar-refractivity contribution in [2.24, 2.45) is 0 Å². The number of hydrogen-bond acceptors (Lipinski definition) is 0. The monoisotopic (exact) mass is 212 g/mol. The van der Waals surface area contributed by atoms with Crippen LogP contribution in [0.2, 0.25) is 0 Å². The summed E-state index contributed by atoms with van der Waals surface area (Å²) >= 11 is 3.55. The predicted octanol–water partition coefficient (Wildman–Crippen LogP) is 3.88. The summed E-state index contributed by atoms with van der Waals surface area (Å²) in [5.41, 5.74) is 2.69. The van der Waals surface area contributed by atoms with Crippen molar-refractivity contribution in [2.45, 2.75) is 26.7 Å². The van der Waals surface area contributed by atoms with Crippen LogP contribution in [0.1, 0.15) is 30.9 Å². The first-order valence-corrected chi connectivity index (χ1v) is 4.66. The molecule has 60 valence electrons. The smallest absolute Gasteiger partial charge is 0.0212 e. The fourth-order valence-electron chi connectivity index (χ4n) is 1.10. The number of benzene rings is 1. The van der Waals surface area contributed by atoms with Gasteiger partial charge in [-0.05, 0) is 30.0 Å². The van der Waals surface area contributed by atoms with Gasteiger partial charge in [-0.2, -0.15) is 0 Å².